The first-order valence-corrected chi connectivity index (χ1v) is 7.64. The lowest BCUT2D eigenvalue weighted by molar-refractivity contribution is -0.147. The maximum atomic E-state index is 12.1. The Kier molecular flexibility index (Phi) is 5.95. The molecule has 0 spiro atoms. The highest BCUT2D eigenvalue weighted by Gasteiger charge is 2.12. The van der Waals surface area contributed by atoms with Gasteiger partial charge in [-0.25, -0.2) is 4.79 Å². The fourth-order valence-corrected chi connectivity index (χ4v) is 2.19. The summed E-state index contributed by atoms with van der Waals surface area (Å²) in [4.78, 5) is 25.2. The number of aryl methyl sites for hydroxylation is 2. The van der Waals surface area contributed by atoms with Gasteiger partial charge in [-0.1, -0.05) is 23.8 Å². The van der Waals surface area contributed by atoms with Gasteiger partial charge >= 0.3 is 5.97 Å². The van der Waals surface area contributed by atoms with Gasteiger partial charge in [-0.15, -0.1) is 0 Å². The van der Waals surface area contributed by atoms with Gasteiger partial charge in [-0.05, 0) is 43.2 Å². The summed E-state index contributed by atoms with van der Waals surface area (Å²) in [6.07, 6.45) is 4.24. The molecule has 2 rings (SSSR count). The number of ether oxygens (including phenoxy) is 1. The van der Waals surface area contributed by atoms with Crippen LogP contribution in [-0.4, -0.2) is 30.4 Å². The van der Waals surface area contributed by atoms with Crippen LogP contribution in [0.2, 0.25) is 0 Å². The second-order valence-corrected chi connectivity index (χ2v) is 5.64. The molecule has 0 aliphatic rings. The molecule has 0 fully saturated rings. The van der Waals surface area contributed by atoms with Crippen LogP contribution < -0.4 is 0 Å². The van der Waals surface area contributed by atoms with Crippen LogP contribution in [0.5, 0.6) is 0 Å². The fraction of sp³-hybridized carbons (Fsp3) is 0.263. The first-order chi connectivity index (χ1) is 11.5. The summed E-state index contributed by atoms with van der Waals surface area (Å²) in [5.41, 5.74) is 3.39. The number of furan rings is 1. The van der Waals surface area contributed by atoms with Crippen LogP contribution in [0.3, 0.4) is 0 Å². The van der Waals surface area contributed by atoms with Crippen molar-refractivity contribution < 1.29 is 18.7 Å². The third kappa shape index (κ3) is 5.12. The number of hydrogen-bond acceptors (Lipinski definition) is 4. The second-order valence-electron chi connectivity index (χ2n) is 5.64. The molecule has 5 nitrogen and oxygen atoms in total. The summed E-state index contributed by atoms with van der Waals surface area (Å²) in [6, 6.07) is 9.53. The average molecular weight is 327 g/mol. The second kappa shape index (κ2) is 8.15. The van der Waals surface area contributed by atoms with Crippen LogP contribution in [0.1, 0.15) is 22.5 Å². The molecule has 0 atom stereocenters. The molecule has 0 radical (unpaired) electrons. The van der Waals surface area contributed by atoms with Crippen molar-refractivity contribution >= 4 is 18.0 Å². The number of benzene rings is 1. The van der Waals surface area contributed by atoms with Gasteiger partial charge in [-0.3, -0.25) is 4.79 Å². The minimum atomic E-state index is -0.584. The van der Waals surface area contributed by atoms with Crippen molar-refractivity contribution in [2.75, 3.05) is 13.7 Å². The zero-order valence-electron chi connectivity index (χ0n) is 14.1. The van der Waals surface area contributed by atoms with E-state index in [-0.39, 0.29) is 12.5 Å². The molecule has 24 heavy (non-hydrogen) atoms. The molecular weight excluding hydrogens is 306 g/mol. The average Bonchev–Trinajstić information content (AvgIpc) is 3.06. The van der Waals surface area contributed by atoms with Crippen molar-refractivity contribution in [3.63, 3.8) is 0 Å². The molecule has 0 aliphatic heterocycles. The summed E-state index contributed by atoms with van der Waals surface area (Å²) in [6.45, 7) is 4.23. The summed E-state index contributed by atoms with van der Waals surface area (Å²) in [5, 5.41) is 0. The van der Waals surface area contributed by atoms with Crippen molar-refractivity contribution in [3.05, 3.63) is 65.1 Å². The first-order valence-electron chi connectivity index (χ1n) is 7.64. The number of likely N-dealkylation sites (N-methyl/N-ethyl adjacent to an activating group) is 1. The molecule has 0 aliphatic carbocycles. The van der Waals surface area contributed by atoms with Crippen LogP contribution in [-0.2, 0) is 20.9 Å². The molecule has 2 aromatic rings. The van der Waals surface area contributed by atoms with Gasteiger partial charge in [0.15, 0.2) is 6.61 Å². The molecule has 0 saturated carbocycles. The number of nitrogens with zero attached hydrogens (tertiary/aromatic N) is 1. The van der Waals surface area contributed by atoms with Crippen LogP contribution in [0, 0.1) is 13.8 Å². The predicted molar refractivity (Wildman–Crippen MR) is 91.1 cm³/mol. The van der Waals surface area contributed by atoms with Gasteiger partial charge in [0, 0.05) is 19.7 Å². The lowest BCUT2D eigenvalue weighted by Crippen LogP contribution is -2.30. The summed E-state index contributed by atoms with van der Waals surface area (Å²) < 4.78 is 10.0. The lowest BCUT2D eigenvalue weighted by atomic mass is 10.1. The highest BCUT2D eigenvalue weighted by molar-refractivity contribution is 5.88. The summed E-state index contributed by atoms with van der Waals surface area (Å²) in [7, 11) is 1.69. The molecule has 0 bridgehead atoms. The highest BCUT2D eigenvalue weighted by atomic mass is 16.5. The van der Waals surface area contributed by atoms with E-state index < -0.39 is 5.97 Å². The van der Waals surface area contributed by atoms with Gasteiger partial charge < -0.3 is 14.1 Å². The maximum Gasteiger partial charge on any atom is 0.331 e. The number of amides is 1. The molecule has 1 aromatic heterocycles. The van der Waals surface area contributed by atoms with Gasteiger partial charge in [0.05, 0.1) is 6.26 Å². The quantitative estimate of drug-likeness (QED) is 0.604. The van der Waals surface area contributed by atoms with E-state index in [0.29, 0.717) is 12.3 Å². The largest absolute Gasteiger partial charge is 0.465 e. The Bertz CT molecular complexity index is 732. The molecule has 0 unspecified atom stereocenters. The van der Waals surface area contributed by atoms with Crippen LogP contribution in [0.25, 0.3) is 6.08 Å². The third-order valence-corrected chi connectivity index (χ3v) is 3.60. The third-order valence-electron chi connectivity index (χ3n) is 3.60. The Balaban J connectivity index is 1.82. The van der Waals surface area contributed by atoms with E-state index >= 15 is 0 Å². The minimum absolute atomic E-state index is 0.255. The van der Waals surface area contributed by atoms with Crippen LogP contribution in [0.4, 0.5) is 0 Å². The highest BCUT2D eigenvalue weighted by Crippen LogP contribution is 2.12. The fourth-order valence-electron chi connectivity index (χ4n) is 2.19. The van der Waals surface area contributed by atoms with E-state index in [4.69, 9.17) is 9.15 Å². The SMILES string of the molecule is Cc1ccc(CN(C)C(=O)COC(=O)/C=C/c2ccco2)c(C)c1. The normalized spacial score (nSPS) is 10.8. The molecule has 0 N–H and O–H groups in total. The van der Waals surface area contributed by atoms with E-state index in [9.17, 15) is 9.59 Å². The van der Waals surface area contributed by atoms with Crippen molar-refractivity contribution in [2.24, 2.45) is 0 Å². The van der Waals surface area contributed by atoms with Crippen molar-refractivity contribution in [3.8, 4) is 0 Å². The summed E-state index contributed by atoms with van der Waals surface area (Å²) in [5.74, 6) is -0.292. The smallest absolute Gasteiger partial charge is 0.331 e. The van der Waals surface area contributed by atoms with Crippen LogP contribution >= 0.6 is 0 Å². The molecular formula is C19H21NO4. The number of hydrogen-bond donors (Lipinski definition) is 0. The number of carbonyl (C=O) groups excluding carboxylic acids is 2. The maximum absolute atomic E-state index is 12.1. The lowest BCUT2D eigenvalue weighted by Gasteiger charge is -2.18. The molecule has 1 amide bonds. The zero-order valence-corrected chi connectivity index (χ0v) is 14.1. The van der Waals surface area contributed by atoms with E-state index in [1.165, 1.54) is 24.0 Å². The van der Waals surface area contributed by atoms with Gasteiger partial charge in [0.1, 0.15) is 5.76 Å². The van der Waals surface area contributed by atoms with Crippen LogP contribution in [0.15, 0.2) is 47.1 Å². The standard InChI is InChI=1S/C19H21NO4/c1-14-6-7-16(15(2)11-14)12-20(3)18(21)13-24-19(22)9-8-17-5-4-10-23-17/h4-11H,12-13H2,1-3H3/b9-8+. The predicted octanol–water partition coefficient (Wildman–Crippen LogP) is 3.11. The number of esters is 1. The monoisotopic (exact) mass is 327 g/mol. The number of carbonyl (C=O) groups is 2. The molecule has 1 aromatic carbocycles. The first kappa shape index (κ1) is 17.5. The molecule has 5 heteroatoms. The zero-order chi connectivity index (χ0) is 17.5. The molecule has 0 saturated heterocycles. The Hall–Kier alpha value is -2.82. The Morgan fingerprint density at radius 3 is 2.71 bits per heavy atom. The van der Waals surface area contributed by atoms with Crippen molar-refractivity contribution in [2.45, 2.75) is 20.4 Å². The Morgan fingerprint density at radius 1 is 1.25 bits per heavy atom. The van der Waals surface area contributed by atoms with Crippen molar-refractivity contribution in [1.29, 1.82) is 0 Å². The Labute approximate surface area is 141 Å². The van der Waals surface area contributed by atoms with Gasteiger partial charge in [-0.2, -0.15) is 0 Å². The van der Waals surface area contributed by atoms with E-state index in [1.807, 2.05) is 26.0 Å². The van der Waals surface area contributed by atoms with Gasteiger partial charge in [0.2, 0.25) is 0 Å². The van der Waals surface area contributed by atoms with E-state index in [1.54, 1.807) is 24.1 Å². The van der Waals surface area contributed by atoms with E-state index in [0.717, 1.165) is 11.1 Å². The number of rotatable bonds is 6. The van der Waals surface area contributed by atoms with Gasteiger partial charge in [0.25, 0.3) is 5.91 Å². The summed E-state index contributed by atoms with van der Waals surface area (Å²) >= 11 is 0. The minimum Gasteiger partial charge on any atom is -0.465 e. The van der Waals surface area contributed by atoms with E-state index in [2.05, 4.69) is 6.07 Å². The van der Waals surface area contributed by atoms with Crippen molar-refractivity contribution in [1.82, 2.24) is 4.90 Å². The topological polar surface area (TPSA) is 59.8 Å². The molecule has 1 heterocycles. The molecule has 126 valence electrons. The Morgan fingerprint density at radius 2 is 2.04 bits per heavy atom.